The summed E-state index contributed by atoms with van der Waals surface area (Å²) in [5.74, 6) is -68.2. The van der Waals surface area contributed by atoms with Crippen molar-refractivity contribution in [3.05, 3.63) is 11.4 Å². The first-order chi connectivity index (χ1) is 14.1. The van der Waals surface area contributed by atoms with Gasteiger partial charge in [-0.25, -0.2) is 4.39 Å². The van der Waals surface area contributed by atoms with E-state index in [-0.39, 0.29) is 0 Å². The van der Waals surface area contributed by atoms with Crippen LogP contribution in [-0.2, 0) is 9.59 Å². The highest BCUT2D eigenvalue weighted by Crippen LogP contribution is 2.64. The van der Waals surface area contributed by atoms with E-state index in [0.29, 0.717) is 5.32 Å². The summed E-state index contributed by atoms with van der Waals surface area (Å²) in [5.41, 5.74) is -3.69. The lowest BCUT2D eigenvalue weighted by molar-refractivity contribution is -0.460. The van der Waals surface area contributed by atoms with Gasteiger partial charge in [-0.05, 0) is 0 Å². The SMILES string of the molecule is O=C1NC(=O)C(C(F)(F)C(F)(F)C(F)(F)C(F)(F)C(F)(F)C(F)(F)C(F)(F)C(F)(F)F)=C1F. The molecule has 1 rings (SSSR count). The molecule has 0 aromatic rings. The minimum Gasteiger partial charge on any atom is -0.286 e. The highest BCUT2D eigenvalue weighted by Gasteiger charge is 2.95. The Bertz CT molecular complexity index is 881. The van der Waals surface area contributed by atoms with Gasteiger partial charge in [0.2, 0.25) is 5.83 Å². The van der Waals surface area contributed by atoms with Crippen LogP contribution >= 0.6 is 0 Å². The van der Waals surface area contributed by atoms with Crippen LogP contribution in [-0.4, -0.2) is 59.4 Å². The molecular formula is C12HF18NO2. The molecule has 0 unspecified atom stereocenters. The Morgan fingerprint density at radius 3 is 1.03 bits per heavy atom. The van der Waals surface area contributed by atoms with E-state index >= 15 is 0 Å². The Balaban J connectivity index is 3.78. The van der Waals surface area contributed by atoms with E-state index in [1.165, 1.54) is 0 Å². The summed E-state index contributed by atoms with van der Waals surface area (Å²) in [4.78, 5) is 21.5. The highest BCUT2D eigenvalue weighted by molar-refractivity contribution is 6.19. The van der Waals surface area contributed by atoms with Crippen LogP contribution in [0.25, 0.3) is 0 Å². The Morgan fingerprint density at radius 1 is 0.455 bits per heavy atom. The van der Waals surface area contributed by atoms with Gasteiger partial charge in [-0.2, -0.15) is 74.6 Å². The molecule has 2 amide bonds. The number of halogens is 18. The molecule has 33 heavy (non-hydrogen) atoms. The van der Waals surface area contributed by atoms with Gasteiger partial charge in [0.25, 0.3) is 11.8 Å². The largest absolute Gasteiger partial charge is 0.460 e. The molecule has 0 aromatic heterocycles. The fraction of sp³-hybridized carbons (Fsp3) is 0.667. The van der Waals surface area contributed by atoms with E-state index in [9.17, 15) is 88.6 Å². The summed E-state index contributed by atoms with van der Waals surface area (Å²) in [6.45, 7) is 0. The van der Waals surface area contributed by atoms with Gasteiger partial charge in [-0.3, -0.25) is 14.9 Å². The number of hydrogen-bond acceptors (Lipinski definition) is 2. The second-order valence-electron chi connectivity index (χ2n) is 5.99. The summed E-state index contributed by atoms with van der Waals surface area (Å²) in [7, 11) is 0. The van der Waals surface area contributed by atoms with Crippen LogP contribution in [0, 0.1) is 0 Å². The van der Waals surface area contributed by atoms with Crippen LogP contribution in [0.3, 0.4) is 0 Å². The third kappa shape index (κ3) is 3.31. The summed E-state index contributed by atoms with van der Waals surface area (Å²) < 4.78 is 235. The van der Waals surface area contributed by atoms with Crippen molar-refractivity contribution in [1.82, 2.24) is 5.32 Å². The van der Waals surface area contributed by atoms with E-state index in [0.717, 1.165) is 0 Å². The molecule has 0 atom stereocenters. The normalized spacial score (nSPS) is 18.2. The van der Waals surface area contributed by atoms with E-state index in [1.807, 2.05) is 0 Å². The molecule has 1 aliphatic rings. The number of carbonyl (C=O) groups excluding carboxylic acids is 2. The monoisotopic (exact) mass is 533 g/mol. The second-order valence-corrected chi connectivity index (χ2v) is 5.99. The fourth-order valence-electron chi connectivity index (χ4n) is 2.03. The Hall–Kier alpha value is -2.38. The Kier molecular flexibility index (Phi) is 6.13. The van der Waals surface area contributed by atoms with Gasteiger partial charge >= 0.3 is 47.6 Å². The van der Waals surface area contributed by atoms with Crippen molar-refractivity contribution in [3.8, 4) is 0 Å². The number of carbonyl (C=O) groups is 2. The summed E-state index contributed by atoms with van der Waals surface area (Å²) >= 11 is 0. The third-order valence-electron chi connectivity index (χ3n) is 3.91. The van der Waals surface area contributed by atoms with Gasteiger partial charge in [0, 0.05) is 0 Å². The smallest absolute Gasteiger partial charge is 0.286 e. The average Bonchev–Trinajstić information content (AvgIpc) is 2.85. The maximum atomic E-state index is 13.7. The summed E-state index contributed by atoms with van der Waals surface area (Å²) in [5, 5.41) is 0.411. The molecule has 0 fully saturated rings. The van der Waals surface area contributed by atoms with Gasteiger partial charge in [0.15, 0.2) is 0 Å². The third-order valence-corrected chi connectivity index (χ3v) is 3.91. The van der Waals surface area contributed by atoms with E-state index in [1.54, 1.807) is 0 Å². The molecule has 0 bridgehead atoms. The van der Waals surface area contributed by atoms with Crippen LogP contribution in [0.2, 0.25) is 0 Å². The van der Waals surface area contributed by atoms with Gasteiger partial charge in [0.05, 0.1) is 0 Å². The van der Waals surface area contributed by atoms with Crippen molar-refractivity contribution in [2.75, 3.05) is 0 Å². The van der Waals surface area contributed by atoms with Crippen LogP contribution in [0.5, 0.6) is 0 Å². The average molecular weight is 533 g/mol. The van der Waals surface area contributed by atoms with Gasteiger partial charge in [0.1, 0.15) is 5.57 Å². The van der Waals surface area contributed by atoms with Crippen molar-refractivity contribution >= 4 is 11.8 Å². The van der Waals surface area contributed by atoms with Crippen molar-refractivity contribution in [2.45, 2.75) is 47.6 Å². The Labute approximate surface area is 166 Å². The van der Waals surface area contributed by atoms with E-state index < -0.39 is 70.8 Å². The minimum absolute atomic E-state index is 0.411. The quantitative estimate of drug-likeness (QED) is 0.375. The maximum absolute atomic E-state index is 13.7. The molecule has 192 valence electrons. The first-order valence-corrected chi connectivity index (χ1v) is 7.06. The number of nitrogens with one attached hydrogen (secondary N) is 1. The lowest BCUT2D eigenvalue weighted by Crippen LogP contribution is -2.74. The van der Waals surface area contributed by atoms with Gasteiger partial charge in [-0.15, -0.1) is 0 Å². The van der Waals surface area contributed by atoms with E-state index in [4.69, 9.17) is 0 Å². The topological polar surface area (TPSA) is 46.2 Å². The first-order valence-electron chi connectivity index (χ1n) is 7.06. The summed E-state index contributed by atoms with van der Waals surface area (Å²) in [6.07, 6.45) is -7.89. The van der Waals surface area contributed by atoms with Crippen molar-refractivity contribution < 1.29 is 88.6 Å². The fourth-order valence-corrected chi connectivity index (χ4v) is 2.03. The van der Waals surface area contributed by atoms with Gasteiger partial charge in [-0.1, -0.05) is 0 Å². The molecular weight excluding hydrogens is 532 g/mol. The van der Waals surface area contributed by atoms with Crippen LogP contribution in [0.15, 0.2) is 11.4 Å². The van der Waals surface area contributed by atoms with Crippen LogP contribution < -0.4 is 5.32 Å². The minimum atomic E-state index is -8.87. The van der Waals surface area contributed by atoms with Crippen molar-refractivity contribution in [3.63, 3.8) is 0 Å². The zero-order valence-electron chi connectivity index (χ0n) is 14.1. The lowest BCUT2D eigenvalue weighted by atomic mass is 9.87. The molecule has 0 radical (unpaired) electrons. The molecule has 0 saturated carbocycles. The van der Waals surface area contributed by atoms with Crippen molar-refractivity contribution in [2.24, 2.45) is 0 Å². The number of amides is 2. The first kappa shape index (κ1) is 28.7. The Morgan fingerprint density at radius 2 is 0.758 bits per heavy atom. The van der Waals surface area contributed by atoms with E-state index in [2.05, 4.69) is 0 Å². The zero-order valence-corrected chi connectivity index (χ0v) is 14.1. The number of imide groups is 1. The predicted molar refractivity (Wildman–Crippen MR) is 62.0 cm³/mol. The highest BCUT2D eigenvalue weighted by atomic mass is 19.4. The molecule has 1 aliphatic heterocycles. The van der Waals surface area contributed by atoms with Gasteiger partial charge < -0.3 is 0 Å². The predicted octanol–water partition coefficient (Wildman–Crippen LogP) is 4.88. The van der Waals surface area contributed by atoms with Crippen molar-refractivity contribution in [1.29, 1.82) is 0 Å². The van der Waals surface area contributed by atoms with Crippen LogP contribution in [0.1, 0.15) is 0 Å². The molecule has 0 saturated heterocycles. The molecule has 0 aliphatic carbocycles. The maximum Gasteiger partial charge on any atom is 0.460 e. The molecule has 0 aromatic carbocycles. The standard InChI is InChI=1S/C12HF18NO2/c13-2-1(3(32)31-4(2)33)5(14,15)6(16,17)7(18,19)8(20,21)9(22,23)10(24,25)11(26,27)12(28,29)30/h(H,31,32,33). The number of alkyl halides is 17. The lowest BCUT2D eigenvalue weighted by Gasteiger charge is -2.42. The molecule has 21 heteroatoms. The molecule has 3 nitrogen and oxygen atoms in total. The zero-order chi connectivity index (χ0) is 27.0. The number of hydrogen-bond donors (Lipinski definition) is 1. The molecule has 1 N–H and O–H groups in total. The second kappa shape index (κ2) is 7.06. The summed E-state index contributed by atoms with van der Waals surface area (Å²) in [6, 6.07) is 0. The number of rotatable bonds is 7. The van der Waals surface area contributed by atoms with Crippen LogP contribution in [0.4, 0.5) is 79.0 Å². The molecule has 1 heterocycles. The molecule has 0 spiro atoms.